The Balaban J connectivity index is 1.63. The van der Waals surface area contributed by atoms with Crippen molar-refractivity contribution in [3.05, 3.63) is 59.4 Å². The minimum absolute atomic E-state index is 0.176. The minimum atomic E-state index is -0.309. The van der Waals surface area contributed by atoms with Crippen LogP contribution in [0.3, 0.4) is 0 Å². The molecule has 2 aromatic carbocycles. The molecule has 0 bridgehead atoms. The first-order valence-corrected chi connectivity index (χ1v) is 8.17. The highest BCUT2D eigenvalue weighted by molar-refractivity contribution is 6.30. The smallest absolute Gasteiger partial charge is 0.322 e. The molecule has 7 nitrogen and oxygen atoms in total. The van der Waals surface area contributed by atoms with Crippen LogP contribution in [-0.4, -0.2) is 35.2 Å². The Bertz CT molecular complexity index is 895. The minimum Gasteiger partial charge on any atom is -0.497 e. The lowest BCUT2D eigenvalue weighted by molar-refractivity contribution is 0.213. The molecule has 2 amide bonds. The first kappa shape index (κ1) is 17.8. The molecule has 3 rings (SSSR count). The van der Waals surface area contributed by atoms with E-state index in [1.807, 2.05) is 24.3 Å². The van der Waals surface area contributed by atoms with E-state index in [1.165, 1.54) is 4.90 Å². The Kier molecular flexibility index (Phi) is 5.38. The number of methoxy groups -OCH3 is 1. The zero-order valence-corrected chi connectivity index (χ0v) is 15.0. The quantitative estimate of drug-likeness (QED) is 0.730. The highest BCUT2D eigenvalue weighted by Crippen LogP contribution is 2.20. The van der Waals surface area contributed by atoms with Crippen LogP contribution in [0.25, 0.3) is 11.4 Å². The summed E-state index contributed by atoms with van der Waals surface area (Å²) >= 11 is 5.91. The maximum atomic E-state index is 12.2. The number of hydrogen-bond donors (Lipinski definition) is 1. The SMILES string of the molecule is COc1ccc(-c2noc(CN(C)C(=O)Nc3cccc(Cl)c3)n2)cc1. The number of anilines is 1. The highest BCUT2D eigenvalue weighted by Gasteiger charge is 2.15. The van der Waals surface area contributed by atoms with Gasteiger partial charge in [-0.1, -0.05) is 22.8 Å². The molecule has 1 heterocycles. The standard InChI is InChI=1S/C18H17ClN4O3/c1-23(18(24)20-14-5-3-4-13(19)10-14)11-16-21-17(22-26-16)12-6-8-15(25-2)9-7-12/h3-10H,11H2,1-2H3,(H,20,24). The Morgan fingerprint density at radius 2 is 2.04 bits per heavy atom. The number of nitrogens with one attached hydrogen (secondary N) is 1. The van der Waals surface area contributed by atoms with E-state index in [-0.39, 0.29) is 12.6 Å². The van der Waals surface area contributed by atoms with Crippen LogP contribution in [0.4, 0.5) is 10.5 Å². The van der Waals surface area contributed by atoms with Crippen molar-refractivity contribution >= 4 is 23.3 Å². The molecule has 0 saturated heterocycles. The average molecular weight is 373 g/mol. The summed E-state index contributed by atoms with van der Waals surface area (Å²) < 4.78 is 10.4. The van der Waals surface area contributed by atoms with Crippen LogP contribution in [0.15, 0.2) is 53.1 Å². The lowest BCUT2D eigenvalue weighted by Gasteiger charge is -2.15. The van der Waals surface area contributed by atoms with Crippen LogP contribution in [0.2, 0.25) is 5.02 Å². The maximum absolute atomic E-state index is 12.2. The third-order valence-corrected chi connectivity index (χ3v) is 3.85. The van der Waals surface area contributed by atoms with E-state index >= 15 is 0 Å². The van der Waals surface area contributed by atoms with Gasteiger partial charge in [-0.05, 0) is 42.5 Å². The van der Waals surface area contributed by atoms with Gasteiger partial charge in [-0.15, -0.1) is 0 Å². The number of urea groups is 1. The molecule has 0 aliphatic rings. The predicted molar refractivity (Wildman–Crippen MR) is 98.2 cm³/mol. The van der Waals surface area contributed by atoms with Gasteiger partial charge >= 0.3 is 6.03 Å². The van der Waals surface area contributed by atoms with Crippen molar-refractivity contribution in [2.75, 3.05) is 19.5 Å². The molecule has 134 valence electrons. The fourth-order valence-corrected chi connectivity index (χ4v) is 2.43. The zero-order chi connectivity index (χ0) is 18.5. The number of carbonyl (C=O) groups excluding carboxylic acids is 1. The fraction of sp³-hybridized carbons (Fsp3) is 0.167. The molecular weight excluding hydrogens is 356 g/mol. The molecule has 0 fully saturated rings. The number of rotatable bonds is 5. The van der Waals surface area contributed by atoms with Crippen molar-refractivity contribution in [3.8, 4) is 17.1 Å². The Morgan fingerprint density at radius 1 is 1.27 bits per heavy atom. The van der Waals surface area contributed by atoms with Gasteiger partial charge in [-0.3, -0.25) is 0 Å². The molecule has 8 heteroatoms. The topological polar surface area (TPSA) is 80.5 Å². The molecule has 26 heavy (non-hydrogen) atoms. The molecule has 1 N–H and O–H groups in total. The van der Waals surface area contributed by atoms with Gasteiger partial charge in [0.15, 0.2) is 0 Å². The summed E-state index contributed by atoms with van der Waals surface area (Å²) in [4.78, 5) is 18.0. The summed E-state index contributed by atoms with van der Waals surface area (Å²) in [7, 11) is 3.24. The molecule has 1 aromatic heterocycles. The monoisotopic (exact) mass is 372 g/mol. The normalized spacial score (nSPS) is 10.4. The lowest BCUT2D eigenvalue weighted by Crippen LogP contribution is -2.30. The Hall–Kier alpha value is -3.06. The van der Waals surface area contributed by atoms with E-state index in [4.69, 9.17) is 20.9 Å². The van der Waals surface area contributed by atoms with Crippen LogP contribution < -0.4 is 10.1 Å². The van der Waals surface area contributed by atoms with Crippen molar-refractivity contribution < 1.29 is 14.1 Å². The molecule has 0 aliphatic heterocycles. The van der Waals surface area contributed by atoms with Crippen LogP contribution in [-0.2, 0) is 6.54 Å². The van der Waals surface area contributed by atoms with Gasteiger partial charge in [-0.2, -0.15) is 4.98 Å². The summed E-state index contributed by atoms with van der Waals surface area (Å²) in [5, 5.41) is 7.25. The average Bonchev–Trinajstić information content (AvgIpc) is 3.10. The molecule has 0 aliphatic carbocycles. The van der Waals surface area contributed by atoms with Gasteiger partial charge in [-0.25, -0.2) is 4.79 Å². The van der Waals surface area contributed by atoms with Crippen LogP contribution >= 0.6 is 11.6 Å². The van der Waals surface area contributed by atoms with Crippen molar-refractivity contribution in [1.29, 1.82) is 0 Å². The van der Waals surface area contributed by atoms with E-state index in [9.17, 15) is 4.79 Å². The van der Waals surface area contributed by atoms with Crippen LogP contribution in [0.1, 0.15) is 5.89 Å². The summed E-state index contributed by atoms with van der Waals surface area (Å²) in [6, 6.07) is 13.9. The second-order valence-electron chi connectivity index (χ2n) is 5.54. The van der Waals surface area contributed by atoms with Crippen molar-refractivity contribution in [2.24, 2.45) is 0 Å². The molecule has 0 spiro atoms. The zero-order valence-electron chi connectivity index (χ0n) is 14.3. The summed E-state index contributed by atoms with van der Waals surface area (Å²) in [5.74, 6) is 1.53. The lowest BCUT2D eigenvalue weighted by atomic mass is 10.2. The first-order chi connectivity index (χ1) is 12.5. The van der Waals surface area contributed by atoms with Gasteiger partial charge in [0.1, 0.15) is 12.3 Å². The number of amides is 2. The summed E-state index contributed by atoms with van der Waals surface area (Å²) in [6.45, 7) is 0.176. The number of ether oxygens (including phenoxy) is 1. The van der Waals surface area contributed by atoms with Crippen LogP contribution in [0.5, 0.6) is 5.75 Å². The molecule has 0 saturated carbocycles. The Morgan fingerprint density at radius 3 is 2.73 bits per heavy atom. The fourth-order valence-electron chi connectivity index (χ4n) is 2.24. The largest absolute Gasteiger partial charge is 0.497 e. The van der Waals surface area contributed by atoms with Crippen molar-refractivity contribution in [2.45, 2.75) is 6.54 Å². The number of halogens is 1. The first-order valence-electron chi connectivity index (χ1n) is 7.80. The second-order valence-corrected chi connectivity index (χ2v) is 5.97. The number of nitrogens with zero attached hydrogens (tertiary/aromatic N) is 3. The van der Waals surface area contributed by atoms with E-state index < -0.39 is 0 Å². The Labute approximate surface area is 155 Å². The van der Waals surface area contributed by atoms with Gasteiger partial charge in [0, 0.05) is 23.3 Å². The van der Waals surface area contributed by atoms with Crippen molar-refractivity contribution in [1.82, 2.24) is 15.0 Å². The third kappa shape index (κ3) is 4.31. The van der Waals surface area contributed by atoms with E-state index in [0.29, 0.717) is 22.4 Å². The maximum Gasteiger partial charge on any atom is 0.322 e. The molecular formula is C18H17ClN4O3. The van der Waals surface area contributed by atoms with Gasteiger partial charge in [0.05, 0.1) is 7.11 Å². The molecule has 0 unspecified atom stereocenters. The van der Waals surface area contributed by atoms with Gasteiger partial charge < -0.3 is 19.5 Å². The van der Waals surface area contributed by atoms with Crippen LogP contribution in [0, 0.1) is 0 Å². The van der Waals surface area contributed by atoms with Gasteiger partial charge in [0.25, 0.3) is 0 Å². The van der Waals surface area contributed by atoms with Gasteiger partial charge in [0.2, 0.25) is 11.7 Å². The number of benzene rings is 2. The summed E-state index contributed by atoms with van der Waals surface area (Å²) in [5.41, 5.74) is 1.41. The number of aromatic nitrogens is 2. The third-order valence-electron chi connectivity index (χ3n) is 3.61. The highest BCUT2D eigenvalue weighted by atomic mass is 35.5. The van der Waals surface area contributed by atoms with E-state index in [1.54, 1.807) is 38.4 Å². The second kappa shape index (κ2) is 7.88. The van der Waals surface area contributed by atoms with E-state index in [0.717, 1.165) is 11.3 Å². The summed E-state index contributed by atoms with van der Waals surface area (Å²) in [6.07, 6.45) is 0. The molecule has 0 atom stereocenters. The molecule has 0 radical (unpaired) electrons. The predicted octanol–water partition coefficient (Wildman–Crippen LogP) is 4.06. The van der Waals surface area contributed by atoms with Crippen molar-refractivity contribution in [3.63, 3.8) is 0 Å². The number of hydrogen-bond acceptors (Lipinski definition) is 5. The number of carbonyl (C=O) groups is 1. The molecule has 3 aromatic rings. The van der Waals surface area contributed by atoms with E-state index in [2.05, 4.69) is 15.5 Å².